The van der Waals surface area contributed by atoms with Gasteiger partial charge in [-0.15, -0.1) is 0 Å². The van der Waals surface area contributed by atoms with Gasteiger partial charge in [0.05, 0.1) is 22.8 Å². The first kappa shape index (κ1) is 15.3. The molecule has 0 aromatic heterocycles. The van der Waals surface area contributed by atoms with E-state index in [1.807, 2.05) is 13.0 Å². The lowest BCUT2D eigenvalue weighted by atomic mass is 10.2. The maximum atomic E-state index is 12.6. The molecule has 20 heavy (non-hydrogen) atoms. The third-order valence-corrected chi connectivity index (χ3v) is 5.44. The first-order valence-electron chi connectivity index (χ1n) is 6.26. The van der Waals surface area contributed by atoms with E-state index in [9.17, 15) is 8.42 Å². The molecule has 0 spiro atoms. The lowest BCUT2D eigenvalue weighted by molar-refractivity contribution is 0.0752. The summed E-state index contributed by atoms with van der Waals surface area (Å²) in [6.07, 6.45) is 0.502. The smallest absolute Gasteiger partial charge is 0.244 e. The van der Waals surface area contributed by atoms with Crippen molar-refractivity contribution in [3.8, 4) is 6.07 Å². The lowest BCUT2D eigenvalue weighted by Crippen LogP contribution is -2.36. The molecule has 1 aromatic rings. The third-order valence-electron chi connectivity index (χ3n) is 3.09. The van der Waals surface area contributed by atoms with Crippen LogP contribution in [0.15, 0.2) is 23.1 Å². The van der Waals surface area contributed by atoms with E-state index in [1.54, 1.807) is 0 Å². The van der Waals surface area contributed by atoms with Crippen LogP contribution in [0.2, 0.25) is 5.02 Å². The molecule has 0 bridgehead atoms. The zero-order valence-corrected chi connectivity index (χ0v) is 12.6. The highest BCUT2D eigenvalue weighted by Crippen LogP contribution is 2.26. The van der Waals surface area contributed by atoms with E-state index in [1.165, 1.54) is 22.5 Å². The van der Waals surface area contributed by atoms with Crippen molar-refractivity contribution in [3.63, 3.8) is 0 Å². The third kappa shape index (κ3) is 3.13. The van der Waals surface area contributed by atoms with E-state index in [0.717, 1.165) is 0 Å². The van der Waals surface area contributed by atoms with Crippen LogP contribution < -0.4 is 0 Å². The number of benzene rings is 1. The molecule has 0 radical (unpaired) electrons. The second kappa shape index (κ2) is 6.10. The van der Waals surface area contributed by atoms with Gasteiger partial charge >= 0.3 is 0 Å². The molecule has 1 heterocycles. The van der Waals surface area contributed by atoms with Gasteiger partial charge in [0, 0.05) is 19.7 Å². The maximum Gasteiger partial charge on any atom is 0.244 e. The minimum atomic E-state index is -3.66. The monoisotopic (exact) mass is 314 g/mol. The first-order chi connectivity index (χ1) is 9.45. The molecule has 1 unspecified atom stereocenters. The Hall–Kier alpha value is -1.13. The average Bonchev–Trinajstić information content (AvgIpc) is 2.63. The van der Waals surface area contributed by atoms with E-state index in [4.69, 9.17) is 21.6 Å². The zero-order chi connectivity index (χ0) is 14.8. The van der Waals surface area contributed by atoms with Crippen LogP contribution >= 0.6 is 11.6 Å². The van der Waals surface area contributed by atoms with Crippen LogP contribution in [-0.4, -0.2) is 38.5 Å². The van der Waals surface area contributed by atoms with Gasteiger partial charge in [0.15, 0.2) is 0 Å². The lowest BCUT2D eigenvalue weighted by Gasteiger charge is -2.22. The van der Waals surface area contributed by atoms with Crippen molar-refractivity contribution in [2.45, 2.75) is 24.3 Å². The fraction of sp³-hybridized carbons (Fsp3) is 0.462. The van der Waals surface area contributed by atoms with E-state index >= 15 is 0 Å². The van der Waals surface area contributed by atoms with Gasteiger partial charge in [-0.3, -0.25) is 0 Å². The molecule has 2 rings (SSSR count). The second-order valence-corrected chi connectivity index (χ2v) is 6.97. The predicted molar refractivity (Wildman–Crippen MR) is 75.0 cm³/mol. The highest BCUT2D eigenvalue weighted by atomic mass is 35.5. The van der Waals surface area contributed by atoms with Crippen molar-refractivity contribution >= 4 is 21.6 Å². The number of rotatable bonds is 2. The molecule has 1 fully saturated rings. The summed E-state index contributed by atoms with van der Waals surface area (Å²) in [6.45, 7) is 3.10. The molecule has 1 aromatic carbocycles. The number of ether oxygens (including phenoxy) is 1. The van der Waals surface area contributed by atoms with Crippen LogP contribution in [0, 0.1) is 11.3 Å². The molecule has 1 atom stereocenters. The number of sulfonamides is 1. The van der Waals surface area contributed by atoms with Gasteiger partial charge in [0.2, 0.25) is 10.0 Å². The number of nitrogens with zero attached hydrogens (tertiary/aromatic N) is 2. The Morgan fingerprint density at radius 1 is 1.50 bits per heavy atom. The molecule has 7 heteroatoms. The van der Waals surface area contributed by atoms with Crippen LogP contribution in [0.4, 0.5) is 0 Å². The Kier molecular flexibility index (Phi) is 4.66. The number of nitriles is 1. The summed E-state index contributed by atoms with van der Waals surface area (Å²) in [7, 11) is -3.66. The molecular formula is C13H15ClN2O3S. The number of halogens is 1. The van der Waals surface area contributed by atoms with Gasteiger partial charge in [0.1, 0.15) is 4.90 Å². The van der Waals surface area contributed by atoms with Crippen molar-refractivity contribution in [1.82, 2.24) is 4.31 Å². The largest absolute Gasteiger partial charge is 0.377 e. The number of hydrogen-bond donors (Lipinski definition) is 0. The quantitative estimate of drug-likeness (QED) is 0.837. The minimum absolute atomic E-state index is 0.0345. The van der Waals surface area contributed by atoms with Crippen LogP contribution in [0.25, 0.3) is 0 Å². The van der Waals surface area contributed by atoms with E-state index < -0.39 is 10.0 Å². The van der Waals surface area contributed by atoms with Crippen LogP contribution in [0.3, 0.4) is 0 Å². The summed E-state index contributed by atoms with van der Waals surface area (Å²) in [6, 6.07) is 6.13. The van der Waals surface area contributed by atoms with Crippen molar-refractivity contribution < 1.29 is 13.2 Å². The molecule has 1 aliphatic heterocycles. The highest BCUT2D eigenvalue weighted by molar-refractivity contribution is 7.89. The molecule has 0 saturated carbocycles. The fourth-order valence-electron chi connectivity index (χ4n) is 2.09. The van der Waals surface area contributed by atoms with Gasteiger partial charge in [-0.05, 0) is 31.5 Å². The van der Waals surface area contributed by atoms with E-state index in [2.05, 4.69) is 0 Å². The second-order valence-electron chi connectivity index (χ2n) is 4.66. The zero-order valence-electron chi connectivity index (χ0n) is 11.0. The predicted octanol–water partition coefficient (Wildman–Crippen LogP) is 2.01. The van der Waals surface area contributed by atoms with Gasteiger partial charge in [-0.1, -0.05) is 11.6 Å². The Labute approximate surface area is 123 Å². The Balaban J connectivity index is 2.37. The summed E-state index contributed by atoms with van der Waals surface area (Å²) in [5.41, 5.74) is 0.335. The Morgan fingerprint density at radius 2 is 2.25 bits per heavy atom. The molecule has 1 saturated heterocycles. The first-order valence-corrected chi connectivity index (χ1v) is 8.08. The Morgan fingerprint density at radius 3 is 2.90 bits per heavy atom. The van der Waals surface area contributed by atoms with Crippen molar-refractivity contribution in [2.24, 2.45) is 0 Å². The summed E-state index contributed by atoms with van der Waals surface area (Å²) >= 11 is 6.00. The molecule has 5 nitrogen and oxygen atoms in total. The van der Waals surface area contributed by atoms with Crippen LogP contribution in [0.1, 0.15) is 18.9 Å². The average molecular weight is 315 g/mol. The fourth-order valence-corrected chi connectivity index (χ4v) is 4.17. The van der Waals surface area contributed by atoms with Crippen molar-refractivity contribution in [3.05, 3.63) is 28.8 Å². The highest BCUT2D eigenvalue weighted by Gasteiger charge is 2.29. The normalized spacial score (nSPS) is 21.1. The molecular weight excluding hydrogens is 300 g/mol. The maximum absolute atomic E-state index is 12.6. The van der Waals surface area contributed by atoms with Gasteiger partial charge in [0.25, 0.3) is 0 Å². The summed E-state index contributed by atoms with van der Waals surface area (Å²) in [5.74, 6) is 0. The Bertz CT molecular complexity index is 640. The van der Waals surface area contributed by atoms with Gasteiger partial charge in [-0.2, -0.15) is 9.57 Å². The molecule has 0 amide bonds. The summed E-state index contributed by atoms with van der Waals surface area (Å²) in [5, 5.41) is 8.86. The topological polar surface area (TPSA) is 70.4 Å². The van der Waals surface area contributed by atoms with Gasteiger partial charge < -0.3 is 4.74 Å². The molecule has 108 valence electrons. The van der Waals surface area contributed by atoms with E-state index in [0.29, 0.717) is 31.7 Å². The minimum Gasteiger partial charge on any atom is -0.377 e. The standard InChI is InChI=1S/C13H15ClN2O3S/c1-10-9-16(5-2-6-19-10)20(17,18)13-4-3-11(8-15)7-12(13)14/h3-4,7,10H,2,5-6,9H2,1H3. The SMILES string of the molecule is CC1CN(S(=O)(=O)c2ccc(C#N)cc2Cl)CCCO1. The molecule has 0 aliphatic carbocycles. The van der Waals surface area contributed by atoms with Crippen molar-refractivity contribution in [1.29, 1.82) is 5.26 Å². The van der Waals surface area contributed by atoms with Crippen LogP contribution in [-0.2, 0) is 14.8 Å². The van der Waals surface area contributed by atoms with Crippen molar-refractivity contribution in [2.75, 3.05) is 19.7 Å². The van der Waals surface area contributed by atoms with Gasteiger partial charge in [-0.25, -0.2) is 8.42 Å². The molecule has 0 N–H and O–H groups in total. The van der Waals surface area contributed by atoms with E-state index in [-0.39, 0.29) is 16.0 Å². The number of hydrogen-bond acceptors (Lipinski definition) is 4. The van der Waals surface area contributed by atoms with Crippen LogP contribution in [0.5, 0.6) is 0 Å². The molecule has 1 aliphatic rings. The summed E-state index contributed by atoms with van der Waals surface area (Å²) in [4.78, 5) is 0.0345. The summed E-state index contributed by atoms with van der Waals surface area (Å²) < 4.78 is 32.1.